The number of hydrogen-bond donors (Lipinski definition) is 0. The molecule has 1 heterocycles. The van der Waals surface area contributed by atoms with Gasteiger partial charge in [-0.25, -0.2) is 14.5 Å². The summed E-state index contributed by atoms with van der Waals surface area (Å²) in [6, 6.07) is 14.1. The summed E-state index contributed by atoms with van der Waals surface area (Å²) in [5.74, 6) is -0.0159. The number of benzene rings is 2. The van der Waals surface area contributed by atoms with Gasteiger partial charge in [-0.1, -0.05) is 24.3 Å². The van der Waals surface area contributed by atoms with E-state index < -0.39 is 5.97 Å². The van der Waals surface area contributed by atoms with E-state index in [-0.39, 0.29) is 19.0 Å². The zero-order valence-corrected chi connectivity index (χ0v) is 14.9. The Bertz CT molecular complexity index is 905. The second kappa shape index (κ2) is 8.75. The van der Waals surface area contributed by atoms with Crippen LogP contribution in [0.25, 0.3) is 0 Å². The van der Waals surface area contributed by atoms with Crippen LogP contribution in [-0.4, -0.2) is 39.7 Å². The van der Waals surface area contributed by atoms with Gasteiger partial charge in [0.1, 0.15) is 31.6 Å². The topological polar surface area (TPSA) is 83.3 Å². The van der Waals surface area contributed by atoms with Crippen LogP contribution in [0.4, 0.5) is 0 Å². The highest BCUT2D eigenvalue weighted by Gasteiger charge is 2.09. The van der Waals surface area contributed by atoms with Gasteiger partial charge in [-0.15, -0.1) is 0 Å². The van der Waals surface area contributed by atoms with Crippen molar-refractivity contribution in [2.24, 2.45) is 0 Å². The molecule has 1 aromatic heterocycles. The molecule has 2 aromatic carbocycles. The highest BCUT2D eigenvalue weighted by molar-refractivity contribution is 5.96. The van der Waals surface area contributed by atoms with Gasteiger partial charge in [0.2, 0.25) is 0 Å². The summed E-state index contributed by atoms with van der Waals surface area (Å²) in [5, 5.41) is 4.04. The SMILES string of the molecule is CC(=O)c1ccccc1OCCOC(=O)c1ccc(Cn2cncn2)cc1. The Morgan fingerprint density at radius 1 is 1.04 bits per heavy atom. The maximum absolute atomic E-state index is 12.1. The third-order valence-corrected chi connectivity index (χ3v) is 3.84. The highest BCUT2D eigenvalue weighted by Crippen LogP contribution is 2.18. The largest absolute Gasteiger partial charge is 0.489 e. The minimum Gasteiger partial charge on any atom is -0.489 e. The van der Waals surface area contributed by atoms with Gasteiger partial charge in [0.15, 0.2) is 5.78 Å². The fourth-order valence-corrected chi connectivity index (χ4v) is 2.50. The molecule has 0 unspecified atom stereocenters. The first-order valence-corrected chi connectivity index (χ1v) is 8.45. The van der Waals surface area contributed by atoms with E-state index in [0.29, 0.717) is 23.4 Å². The first-order valence-electron chi connectivity index (χ1n) is 8.45. The molecular weight excluding hydrogens is 346 g/mol. The molecule has 3 aromatic rings. The lowest BCUT2D eigenvalue weighted by Crippen LogP contribution is -2.13. The molecule has 0 saturated carbocycles. The Morgan fingerprint density at radius 2 is 1.81 bits per heavy atom. The number of rotatable bonds is 8. The molecule has 0 fully saturated rings. The first-order chi connectivity index (χ1) is 13.1. The van der Waals surface area contributed by atoms with Crippen molar-refractivity contribution in [2.75, 3.05) is 13.2 Å². The number of hydrogen-bond acceptors (Lipinski definition) is 6. The molecule has 0 aliphatic rings. The zero-order valence-electron chi connectivity index (χ0n) is 14.9. The van der Waals surface area contributed by atoms with Gasteiger partial charge in [0.25, 0.3) is 0 Å². The Kier molecular flexibility index (Phi) is 5.94. The molecule has 0 radical (unpaired) electrons. The molecule has 138 valence electrons. The van der Waals surface area contributed by atoms with E-state index in [1.807, 2.05) is 12.1 Å². The summed E-state index contributed by atoms with van der Waals surface area (Å²) in [4.78, 5) is 27.5. The Hall–Kier alpha value is -3.48. The molecule has 0 amide bonds. The predicted molar refractivity (Wildman–Crippen MR) is 97.8 cm³/mol. The number of ketones is 1. The van der Waals surface area contributed by atoms with Crippen molar-refractivity contribution in [1.29, 1.82) is 0 Å². The molecule has 0 spiro atoms. The molecule has 0 aliphatic heterocycles. The molecule has 0 saturated heterocycles. The number of esters is 1. The second-order valence-corrected chi connectivity index (χ2v) is 5.83. The number of para-hydroxylation sites is 1. The van der Waals surface area contributed by atoms with Crippen molar-refractivity contribution < 1.29 is 19.1 Å². The van der Waals surface area contributed by atoms with Gasteiger partial charge in [0, 0.05) is 0 Å². The summed E-state index contributed by atoms with van der Waals surface area (Å²) >= 11 is 0. The number of nitrogens with zero attached hydrogens (tertiary/aromatic N) is 3. The maximum atomic E-state index is 12.1. The smallest absolute Gasteiger partial charge is 0.338 e. The standard InChI is InChI=1S/C20H19N3O4/c1-15(24)18-4-2-3-5-19(18)26-10-11-27-20(25)17-8-6-16(7-9-17)12-23-14-21-13-22-23/h2-9,13-14H,10-12H2,1H3. The molecule has 7 nitrogen and oxygen atoms in total. The number of Topliss-reactive ketones (excluding diaryl/α,β-unsaturated/α-hetero) is 1. The molecule has 0 atom stereocenters. The van der Waals surface area contributed by atoms with E-state index in [1.54, 1.807) is 47.4 Å². The van der Waals surface area contributed by atoms with Gasteiger partial charge < -0.3 is 9.47 Å². The van der Waals surface area contributed by atoms with Crippen molar-refractivity contribution in [3.63, 3.8) is 0 Å². The normalized spacial score (nSPS) is 10.4. The molecule has 27 heavy (non-hydrogen) atoms. The summed E-state index contributed by atoms with van der Waals surface area (Å²) in [6.45, 7) is 2.32. The van der Waals surface area contributed by atoms with E-state index in [2.05, 4.69) is 10.1 Å². The molecular formula is C20H19N3O4. The monoisotopic (exact) mass is 365 g/mol. The van der Waals surface area contributed by atoms with Crippen LogP contribution in [0.3, 0.4) is 0 Å². The third-order valence-electron chi connectivity index (χ3n) is 3.84. The van der Waals surface area contributed by atoms with Crippen LogP contribution in [0.2, 0.25) is 0 Å². The molecule has 0 aliphatic carbocycles. The fourth-order valence-electron chi connectivity index (χ4n) is 2.50. The van der Waals surface area contributed by atoms with Crippen LogP contribution in [0, 0.1) is 0 Å². The minimum absolute atomic E-state index is 0.0754. The van der Waals surface area contributed by atoms with Crippen molar-refractivity contribution in [2.45, 2.75) is 13.5 Å². The Labute approximate surface area is 156 Å². The van der Waals surface area contributed by atoms with E-state index in [0.717, 1.165) is 5.56 Å². The molecule has 0 bridgehead atoms. The van der Waals surface area contributed by atoms with Crippen LogP contribution in [-0.2, 0) is 11.3 Å². The number of carbonyl (C=O) groups is 2. The van der Waals surface area contributed by atoms with Crippen LogP contribution in [0.1, 0.15) is 33.2 Å². The number of carbonyl (C=O) groups excluding carboxylic acids is 2. The first kappa shape index (κ1) is 18.3. The van der Waals surface area contributed by atoms with Crippen molar-refractivity contribution in [3.05, 3.63) is 77.9 Å². The van der Waals surface area contributed by atoms with E-state index >= 15 is 0 Å². The second-order valence-electron chi connectivity index (χ2n) is 5.83. The van der Waals surface area contributed by atoms with Crippen molar-refractivity contribution in [3.8, 4) is 5.75 Å². The lowest BCUT2D eigenvalue weighted by atomic mass is 10.1. The van der Waals surface area contributed by atoms with Gasteiger partial charge >= 0.3 is 5.97 Å². The quantitative estimate of drug-likeness (QED) is 0.347. The zero-order chi connectivity index (χ0) is 19.1. The van der Waals surface area contributed by atoms with Crippen molar-refractivity contribution >= 4 is 11.8 Å². The average molecular weight is 365 g/mol. The highest BCUT2D eigenvalue weighted by atomic mass is 16.6. The van der Waals surface area contributed by atoms with E-state index in [9.17, 15) is 9.59 Å². The van der Waals surface area contributed by atoms with Crippen LogP contribution in [0.15, 0.2) is 61.2 Å². The minimum atomic E-state index is -0.425. The fraction of sp³-hybridized carbons (Fsp3) is 0.200. The van der Waals surface area contributed by atoms with Crippen molar-refractivity contribution in [1.82, 2.24) is 14.8 Å². The summed E-state index contributed by atoms with van der Waals surface area (Å²) in [5.41, 5.74) is 1.97. The van der Waals surface area contributed by atoms with Gasteiger partial charge in [0.05, 0.1) is 17.7 Å². The van der Waals surface area contributed by atoms with Gasteiger partial charge in [-0.05, 0) is 36.8 Å². The van der Waals surface area contributed by atoms with Gasteiger partial charge in [-0.3, -0.25) is 4.79 Å². The lowest BCUT2D eigenvalue weighted by molar-refractivity contribution is 0.0449. The molecule has 0 N–H and O–H groups in total. The maximum Gasteiger partial charge on any atom is 0.338 e. The average Bonchev–Trinajstić information content (AvgIpc) is 3.19. The van der Waals surface area contributed by atoms with Gasteiger partial charge in [-0.2, -0.15) is 5.10 Å². The predicted octanol–water partition coefficient (Wildman–Crippen LogP) is 2.76. The third kappa shape index (κ3) is 5.01. The van der Waals surface area contributed by atoms with E-state index in [1.165, 1.54) is 13.3 Å². The van der Waals surface area contributed by atoms with Crippen LogP contribution >= 0.6 is 0 Å². The number of ether oxygens (including phenoxy) is 2. The molecule has 7 heteroatoms. The number of aromatic nitrogens is 3. The lowest BCUT2D eigenvalue weighted by Gasteiger charge is -2.10. The van der Waals surface area contributed by atoms with E-state index in [4.69, 9.17) is 9.47 Å². The molecule has 3 rings (SSSR count). The summed E-state index contributed by atoms with van der Waals surface area (Å²) in [6.07, 6.45) is 3.11. The Balaban J connectivity index is 1.47. The Morgan fingerprint density at radius 3 is 2.52 bits per heavy atom. The van der Waals surface area contributed by atoms with Crippen LogP contribution in [0.5, 0.6) is 5.75 Å². The summed E-state index contributed by atoms with van der Waals surface area (Å²) < 4.78 is 12.5. The summed E-state index contributed by atoms with van der Waals surface area (Å²) in [7, 11) is 0. The van der Waals surface area contributed by atoms with Crippen LogP contribution < -0.4 is 4.74 Å².